The van der Waals surface area contributed by atoms with Crippen LogP contribution >= 0.6 is 11.8 Å². The van der Waals surface area contributed by atoms with Gasteiger partial charge in [0.25, 0.3) is 0 Å². The van der Waals surface area contributed by atoms with E-state index in [0.717, 1.165) is 23.5 Å². The van der Waals surface area contributed by atoms with Gasteiger partial charge in [0.1, 0.15) is 5.75 Å². The van der Waals surface area contributed by atoms with E-state index in [1.54, 1.807) is 14.0 Å². The van der Waals surface area contributed by atoms with Crippen LogP contribution in [-0.4, -0.2) is 12.8 Å². The van der Waals surface area contributed by atoms with E-state index in [9.17, 15) is 0 Å². The Kier molecular flexibility index (Phi) is 2.80. The molecular formula is C13H18OS. The number of thioether (sulfide) groups is 1. The number of rotatable bonds is 3. The van der Waals surface area contributed by atoms with Gasteiger partial charge in [0.2, 0.25) is 0 Å². The quantitative estimate of drug-likeness (QED) is 0.571. The van der Waals surface area contributed by atoms with Crippen molar-refractivity contribution >= 4 is 11.8 Å². The van der Waals surface area contributed by atoms with E-state index in [-0.39, 0.29) is 0 Å². The summed E-state index contributed by atoms with van der Waals surface area (Å²) in [5.74, 6) is 0.959. The second kappa shape index (κ2) is 4.93. The number of hydrogen-bond donors (Lipinski definition) is 0. The maximum Gasteiger partial charge on any atom is 0.122 e. The summed E-state index contributed by atoms with van der Waals surface area (Å²) < 4.78 is 20.8. The molecule has 1 nitrogen and oxygen atoms in total. The van der Waals surface area contributed by atoms with E-state index < -0.39 is 5.70 Å². The van der Waals surface area contributed by atoms with Gasteiger partial charge in [-0.15, -0.1) is 11.8 Å². The van der Waals surface area contributed by atoms with Gasteiger partial charge in [-0.2, -0.15) is 0 Å². The Morgan fingerprint density at radius 2 is 2.07 bits per heavy atom. The molecule has 0 unspecified atom stereocenters. The van der Waals surface area contributed by atoms with Crippen LogP contribution in [0.15, 0.2) is 17.0 Å². The Bertz CT molecular complexity index is 413. The second-order valence-corrected chi connectivity index (χ2v) is 4.79. The Morgan fingerprint density at radius 3 is 2.73 bits per heavy atom. The smallest absolute Gasteiger partial charge is 0.122 e. The molecule has 0 heterocycles. The number of methoxy groups -OCH3 is 1. The molecule has 0 radical (unpaired) electrons. The number of fused-ring (bicyclic) bond motifs is 1. The van der Waals surface area contributed by atoms with Crippen LogP contribution in [0.5, 0.6) is 5.75 Å². The summed E-state index contributed by atoms with van der Waals surface area (Å²) in [6.07, 6.45) is 4.50. The predicted molar refractivity (Wildman–Crippen MR) is 66.0 cm³/mol. The lowest BCUT2D eigenvalue weighted by atomic mass is 9.91. The molecular weight excluding hydrogens is 205 g/mol. The molecule has 1 aromatic rings. The zero-order valence-electron chi connectivity index (χ0n) is 11.3. The van der Waals surface area contributed by atoms with Gasteiger partial charge in [-0.1, -0.05) is 6.92 Å². The maximum atomic E-state index is 7.68. The van der Waals surface area contributed by atoms with Crippen molar-refractivity contribution in [2.45, 2.75) is 37.5 Å². The topological polar surface area (TPSA) is 9.23 Å². The summed E-state index contributed by atoms with van der Waals surface area (Å²) in [6, 6.07) is 3.97. The molecule has 0 atom stereocenters. The highest BCUT2D eigenvalue weighted by molar-refractivity contribution is 7.99. The molecule has 0 N–H and O–H groups in total. The van der Waals surface area contributed by atoms with E-state index in [1.165, 1.54) is 35.7 Å². The summed E-state index contributed by atoms with van der Waals surface area (Å²) in [7, 11) is 1.70. The van der Waals surface area contributed by atoms with Gasteiger partial charge in [-0.3, -0.25) is 0 Å². The van der Waals surface area contributed by atoms with Crippen LogP contribution in [0.25, 0.3) is 0 Å². The molecule has 0 fully saturated rings. The van der Waals surface area contributed by atoms with Crippen molar-refractivity contribution < 1.29 is 7.48 Å². The third kappa shape index (κ3) is 2.15. The Hall–Kier alpha value is -0.630. The first kappa shape index (κ1) is 8.51. The first-order valence-corrected chi connectivity index (χ1v) is 6.20. The van der Waals surface area contributed by atoms with Crippen molar-refractivity contribution in [2.24, 2.45) is 0 Å². The number of benzene rings is 1. The highest BCUT2D eigenvalue weighted by Gasteiger charge is 2.17. The Balaban J connectivity index is 2.40. The van der Waals surface area contributed by atoms with Crippen LogP contribution in [-0.2, 0) is 12.8 Å². The van der Waals surface area contributed by atoms with Crippen LogP contribution in [0.4, 0.5) is 0 Å². The van der Waals surface area contributed by atoms with Gasteiger partial charge in [-0.05, 0) is 54.6 Å². The van der Waals surface area contributed by atoms with Crippen molar-refractivity contribution in [3.05, 3.63) is 23.3 Å². The molecule has 82 valence electrons. The van der Waals surface area contributed by atoms with Crippen molar-refractivity contribution in [2.75, 3.05) is 12.8 Å². The summed E-state index contributed by atoms with van der Waals surface area (Å²) in [5, 5.41) is 0. The Labute approximate surface area is 99.0 Å². The molecule has 0 bridgehead atoms. The average molecular weight is 223 g/mol. The minimum absolute atomic E-state index is 0.959. The highest BCUT2D eigenvalue weighted by atomic mass is 32.2. The molecule has 0 aromatic heterocycles. The van der Waals surface area contributed by atoms with E-state index in [0.29, 0.717) is 0 Å². The molecule has 1 aliphatic carbocycles. The monoisotopic (exact) mass is 223 g/mol. The fraction of sp³-hybridized carbons (Fsp3) is 0.538. The van der Waals surface area contributed by atoms with Gasteiger partial charge < -0.3 is 4.74 Å². The van der Waals surface area contributed by atoms with Crippen molar-refractivity contribution in [1.82, 2.24) is 0 Å². The van der Waals surface area contributed by atoms with E-state index >= 15 is 0 Å². The minimum atomic E-state index is -1.22. The van der Waals surface area contributed by atoms with Crippen LogP contribution in [0.3, 0.4) is 0 Å². The third-order valence-electron chi connectivity index (χ3n) is 2.88. The Morgan fingerprint density at radius 1 is 1.33 bits per heavy atom. The molecule has 0 saturated carbocycles. The molecule has 2 heteroatoms. The lowest BCUT2D eigenvalue weighted by Crippen LogP contribution is -2.06. The normalized spacial score (nSPS) is 17.7. The number of ether oxygens (including phenoxy) is 1. The van der Waals surface area contributed by atoms with E-state index in [1.807, 2.05) is 12.1 Å². The average Bonchev–Trinajstić information content (AvgIpc) is 2.28. The van der Waals surface area contributed by atoms with Gasteiger partial charge in [-0.25, -0.2) is 0 Å². The fourth-order valence-corrected chi connectivity index (χ4v) is 2.90. The lowest BCUT2D eigenvalue weighted by molar-refractivity contribution is 0.405. The van der Waals surface area contributed by atoms with Crippen LogP contribution < -0.4 is 4.74 Å². The molecule has 2 rings (SSSR count). The summed E-state index contributed by atoms with van der Waals surface area (Å²) in [4.78, 5) is 1.08. The largest absolute Gasteiger partial charge is 0.496 e. The SMILES string of the molecule is [1H][13C]([1H])(C)Sc1ccc(OC)c2c1CCCC2. The van der Waals surface area contributed by atoms with Crippen molar-refractivity contribution in [3.8, 4) is 5.75 Å². The molecule has 0 spiro atoms. The van der Waals surface area contributed by atoms with Crippen LogP contribution in [0.1, 0.15) is 33.6 Å². The lowest BCUT2D eigenvalue weighted by Gasteiger charge is -2.21. The minimum Gasteiger partial charge on any atom is -0.496 e. The first-order valence-electron chi connectivity index (χ1n) is 6.39. The first-order chi connectivity index (χ1) is 8.01. The fourth-order valence-electron chi connectivity index (χ4n) is 2.20. The van der Waals surface area contributed by atoms with Gasteiger partial charge in [0.15, 0.2) is 0 Å². The number of hydrogen-bond acceptors (Lipinski definition) is 2. The van der Waals surface area contributed by atoms with E-state index in [4.69, 9.17) is 7.48 Å². The van der Waals surface area contributed by atoms with Crippen LogP contribution in [0.2, 0.25) is 0 Å². The summed E-state index contributed by atoms with van der Waals surface area (Å²) in [6.45, 7) is 1.61. The van der Waals surface area contributed by atoms with E-state index in [2.05, 4.69) is 0 Å². The summed E-state index contributed by atoms with van der Waals surface area (Å²) in [5.41, 5.74) is 1.36. The second-order valence-electron chi connectivity index (χ2n) is 3.74. The summed E-state index contributed by atoms with van der Waals surface area (Å²) >= 11 is 1.31. The zero-order valence-corrected chi connectivity index (χ0v) is 10.1. The van der Waals surface area contributed by atoms with Gasteiger partial charge in [0, 0.05) is 7.64 Å². The standard InChI is InChI=1S/C13H18OS/c1-3-15-13-9-8-12(14-2)10-6-4-5-7-11(10)13/h8-9H,3-7H2,1-2H3/i3+1H2. The van der Waals surface area contributed by atoms with Crippen LogP contribution in [0, 0.1) is 0 Å². The molecule has 0 saturated heterocycles. The van der Waals surface area contributed by atoms with Gasteiger partial charge >= 0.3 is 0 Å². The molecule has 0 amide bonds. The molecule has 15 heavy (non-hydrogen) atoms. The highest BCUT2D eigenvalue weighted by Crippen LogP contribution is 2.36. The van der Waals surface area contributed by atoms with Gasteiger partial charge in [0.05, 0.1) is 7.11 Å². The van der Waals surface area contributed by atoms with Crippen molar-refractivity contribution in [1.29, 1.82) is 0 Å². The zero-order chi connectivity index (χ0) is 12.5. The molecule has 1 aliphatic rings. The van der Waals surface area contributed by atoms with Crippen molar-refractivity contribution in [3.63, 3.8) is 0 Å². The predicted octanol–water partition coefficient (Wildman–Crippen LogP) is 3.69. The third-order valence-corrected chi connectivity index (χ3v) is 3.69. The molecule has 1 aromatic carbocycles. The maximum absolute atomic E-state index is 7.68. The molecule has 0 aliphatic heterocycles.